The first kappa shape index (κ1) is 17.5. The van der Waals surface area contributed by atoms with Crippen LogP contribution in [0.25, 0.3) is 0 Å². The number of carbonyl (C=O) groups is 1. The molecule has 0 aliphatic carbocycles. The van der Waals surface area contributed by atoms with Gasteiger partial charge in [0.2, 0.25) is 0 Å². The number of aliphatic hydroxyl groups excluding tert-OH is 1. The van der Waals surface area contributed by atoms with Gasteiger partial charge in [-0.05, 0) is 25.3 Å². The van der Waals surface area contributed by atoms with Gasteiger partial charge in [0, 0.05) is 20.2 Å². The van der Waals surface area contributed by atoms with Crippen LogP contribution in [0.5, 0.6) is 0 Å². The summed E-state index contributed by atoms with van der Waals surface area (Å²) in [5.74, 6) is 0.255. The molecule has 0 unspecified atom stereocenters. The van der Waals surface area contributed by atoms with E-state index in [1.807, 2.05) is 39.0 Å². The molecule has 3 N–H and O–H groups in total. The fourth-order valence-electron chi connectivity index (χ4n) is 2.18. The van der Waals surface area contributed by atoms with Crippen LogP contribution in [0.3, 0.4) is 0 Å². The highest BCUT2D eigenvalue weighted by atomic mass is 16.5. The summed E-state index contributed by atoms with van der Waals surface area (Å²) in [6, 6.07) is 5.63. The van der Waals surface area contributed by atoms with Gasteiger partial charge in [0.15, 0.2) is 0 Å². The molecule has 0 aromatic heterocycles. The lowest BCUT2D eigenvalue weighted by molar-refractivity contribution is 0.156. The first-order valence-electron chi connectivity index (χ1n) is 7.19. The average Bonchev–Trinajstić information content (AvgIpc) is 2.41. The summed E-state index contributed by atoms with van der Waals surface area (Å²) in [7, 11) is 1.64. The maximum atomic E-state index is 11.6. The van der Waals surface area contributed by atoms with Crippen molar-refractivity contribution in [3.8, 4) is 0 Å². The van der Waals surface area contributed by atoms with E-state index in [-0.39, 0.29) is 18.5 Å². The molecular formula is C16H26N2O3. The van der Waals surface area contributed by atoms with E-state index in [1.165, 1.54) is 0 Å². The van der Waals surface area contributed by atoms with Gasteiger partial charge in [-0.1, -0.05) is 36.2 Å². The number of amides is 2. The third-order valence-electron chi connectivity index (χ3n) is 3.15. The number of methoxy groups -OCH3 is 1. The monoisotopic (exact) mass is 294 g/mol. The Morgan fingerprint density at radius 2 is 1.76 bits per heavy atom. The van der Waals surface area contributed by atoms with E-state index >= 15 is 0 Å². The van der Waals surface area contributed by atoms with Gasteiger partial charge in [-0.3, -0.25) is 0 Å². The van der Waals surface area contributed by atoms with Crippen molar-refractivity contribution in [3.63, 3.8) is 0 Å². The molecule has 0 aliphatic rings. The molecule has 21 heavy (non-hydrogen) atoms. The second-order valence-corrected chi connectivity index (χ2v) is 5.59. The molecule has 118 valence electrons. The summed E-state index contributed by atoms with van der Waals surface area (Å²) < 4.78 is 5.00. The Morgan fingerprint density at radius 3 is 2.33 bits per heavy atom. The summed E-state index contributed by atoms with van der Waals surface area (Å²) in [6.07, 6.45) is -0.703. The molecule has 2 atom stereocenters. The summed E-state index contributed by atoms with van der Waals surface area (Å²) >= 11 is 0. The number of rotatable bonds is 7. The SMILES string of the molecule is COC[C@@H](C)CNC(=O)NC[C@@H](O)c1cc(C)cc(C)c1. The van der Waals surface area contributed by atoms with E-state index < -0.39 is 6.10 Å². The number of aliphatic hydroxyl groups is 1. The van der Waals surface area contributed by atoms with Crippen LogP contribution >= 0.6 is 0 Å². The Bertz CT molecular complexity index is 443. The maximum Gasteiger partial charge on any atom is 0.314 e. The summed E-state index contributed by atoms with van der Waals surface area (Å²) in [4.78, 5) is 11.6. The molecule has 1 aromatic carbocycles. The highest BCUT2D eigenvalue weighted by Crippen LogP contribution is 2.16. The van der Waals surface area contributed by atoms with Crippen molar-refractivity contribution in [2.45, 2.75) is 26.9 Å². The van der Waals surface area contributed by atoms with Crippen LogP contribution in [0.15, 0.2) is 18.2 Å². The molecule has 0 fully saturated rings. The molecule has 0 aliphatic heterocycles. The number of urea groups is 1. The van der Waals surface area contributed by atoms with Crippen LogP contribution < -0.4 is 10.6 Å². The minimum atomic E-state index is -0.703. The molecule has 0 spiro atoms. The van der Waals surface area contributed by atoms with Crippen molar-refractivity contribution in [2.75, 3.05) is 26.8 Å². The number of ether oxygens (including phenoxy) is 1. The standard InChI is InChI=1S/C16H26N2O3/c1-11-5-12(2)7-14(6-11)15(19)9-18-16(20)17-8-13(3)10-21-4/h5-7,13,15,19H,8-10H2,1-4H3,(H2,17,18,20)/t13-,15+/m0/s1. The van der Waals surface area contributed by atoms with Crippen molar-refractivity contribution in [2.24, 2.45) is 5.92 Å². The van der Waals surface area contributed by atoms with Gasteiger partial charge in [0.1, 0.15) is 0 Å². The van der Waals surface area contributed by atoms with Crippen LogP contribution in [0.1, 0.15) is 29.7 Å². The van der Waals surface area contributed by atoms with E-state index in [1.54, 1.807) is 7.11 Å². The Hall–Kier alpha value is -1.59. The summed E-state index contributed by atoms with van der Waals surface area (Å²) in [5.41, 5.74) is 3.02. The quantitative estimate of drug-likeness (QED) is 0.719. The van der Waals surface area contributed by atoms with Crippen LogP contribution in [0, 0.1) is 19.8 Å². The predicted molar refractivity (Wildman–Crippen MR) is 83.3 cm³/mol. The molecule has 5 heteroatoms. The Kier molecular flexibility index (Phi) is 7.19. The number of hydrogen-bond acceptors (Lipinski definition) is 3. The predicted octanol–water partition coefficient (Wildman–Crippen LogP) is 1.92. The lowest BCUT2D eigenvalue weighted by Crippen LogP contribution is -2.40. The molecule has 0 heterocycles. The number of aryl methyl sites for hydroxylation is 2. The van der Waals surface area contributed by atoms with Crippen molar-refractivity contribution in [1.82, 2.24) is 10.6 Å². The van der Waals surface area contributed by atoms with Crippen molar-refractivity contribution in [3.05, 3.63) is 34.9 Å². The maximum absolute atomic E-state index is 11.6. The van der Waals surface area contributed by atoms with E-state index in [4.69, 9.17) is 4.74 Å². The first-order valence-corrected chi connectivity index (χ1v) is 7.19. The van der Waals surface area contributed by atoms with Crippen molar-refractivity contribution >= 4 is 6.03 Å². The molecule has 5 nitrogen and oxygen atoms in total. The first-order chi connectivity index (χ1) is 9.92. The molecule has 0 saturated carbocycles. The van der Waals surface area contributed by atoms with Gasteiger partial charge in [-0.25, -0.2) is 4.79 Å². The second-order valence-electron chi connectivity index (χ2n) is 5.59. The highest BCUT2D eigenvalue weighted by Gasteiger charge is 2.11. The third kappa shape index (κ3) is 6.60. The zero-order valence-electron chi connectivity index (χ0n) is 13.3. The van der Waals surface area contributed by atoms with Crippen molar-refractivity contribution < 1.29 is 14.6 Å². The van der Waals surface area contributed by atoms with E-state index in [0.29, 0.717) is 13.2 Å². The fraction of sp³-hybridized carbons (Fsp3) is 0.562. The van der Waals surface area contributed by atoms with Crippen LogP contribution in [0.4, 0.5) is 4.79 Å². The number of nitrogens with one attached hydrogen (secondary N) is 2. The van der Waals surface area contributed by atoms with Gasteiger partial charge < -0.3 is 20.5 Å². The summed E-state index contributed by atoms with van der Waals surface area (Å²) in [5, 5.41) is 15.5. The average molecular weight is 294 g/mol. The van der Waals surface area contributed by atoms with E-state index in [2.05, 4.69) is 10.6 Å². The van der Waals surface area contributed by atoms with Crippen molar-refractivity contribution in [1.29, 1.82) is 0 Å². The molecule has 2 amide bonds. The largest absolute Gasteiger partial charge is 0.387 e. The van der Waals surface area contributed by atoms with Gasteiger partial charge in [0.25, 0.3) is 0 Å². The molecule has 0 saturated heterocycles. The topological polar surface area (TPSA) is 70.6 Å². The molecule has 0 radical (unpaired) electrons. The normalized spacial score (nSPS) is 13.6. The number of hydrogen-bond donors (Lipinski definition) is 3. The number of carbonyl (C=O) groups excluding carboxylic acids is 1. The van der Waals surface area contributed by atoms with Gasteiger partial charge in [-0.2, -0.15) is 0 Å². The van der Waals surface area contributed by atoms with Crippen LogP contribution in [0.2, 0.25) is 0 Å². The molecule has 1 rings (SSSR count). The van der Waals surface area contributed by atoms with E-state index in [9.17, 15) is 9.90 Å². The number of benzene rings is 1. The van der Waals surface area contributed by atoms with Crippen LogP contribution in [-0.4, -0.2) is 37.9 Å². The molecular weight excluding hydrogens is 268 g/mol. The second kappa shape index (κ2) is 8.64. The Labute approximate surface area is 126 Å². The third-order valence-corrected chi connectivity index (χ3v) is 3.15. The summed E-state index contributed by atoms with van der Waals surface area (Å²) in [6.45, 7) is 7.30. The highest BCUT2D eigenvalue weighted by molar-refractivity contribution is 5.73. The fourth-order valence-corrected chi connectivity index (χ4v) is 2.18. The molecule has 1 aromatic rings. The van der Waals surface area contributed by atoms with Gasteiger partial charge in [-0.15, -0.1) is 0 Å². The minimum absolute atomic E-state index is 0.188. The van der Waals surface area contributed by atoms with Gasteiger partial charge in [0.05, 0.1) is 12.7 Å². The zero-order valence-corrected chi connectivity index (χ0v) is 13.3. The Balaban J connectivity index is 2.38. The lowest BCUT2D eigenvalue weighted by atomic mass is 10.0. The Morgan fingerprint density at radius 1 is 1.19 bits per heavy atom. The minimum Gasteiger partial charge on any atom is -0.387 e. The van der Waals surface area contributed by atoms with Crippen LogP contribution in [-0.2, 0) is 4.74 Å². The smallest absolute Gasteiger partial charge is 0.314 e. The van der Waals surface area contributed by atoms with E-state index in [0.717, 1.165) is 16.7 Å². The lowest BCUT2D eigenvalue weighted by Gasteiger charge is -2.15. The zero-order chi connectivity index (χ0) is 15.8. The van der Waals surface area contributed by atoms with Gasteiger partial charge >= 0.3 is 6.03 Å². The molecule has 0 bridgehead atoms.